The third-order valence-corrected chi connectivity index (χ3v) is 3.97. The number of benzene rings is 1. The Balaban J connectivity index is 2.35. The molecular weight excluding hydrogens is 247 g/mol. The van der Waals surface area contributed by atoms with Gasteiger partial charge in [-0.1, -0.05) is 25.1 Å². The van der Waals surface area contributed by atoms with Crippen molar-refractivity contribution in [2.24, 2.45) is 0 Å². The standard InChI is InChI=1S/C15H15FOS/c1-3-5-12(17)14-9-8-13(18-14)11-7-4-6-10(2)15(11)16/h4,6-9H,3,5H2,1-2H3. The number of carbonyl (C=O) groups excluding carboxylic acids is 1. The van der Waals surface area contributed by atoms with E-state index >= 15 is 0 Å². The van der Waals surface area contributed by atoms with Gasteiger partial charge in [-0.3, -0.25) is 4.79 Å². The van der Waals surface area contributed by atoms with E-state index in [4.69, 9.17) is 0 Å². The second-order valence-corrected chi connectivity index (χ2v) is 5.36. The lowest BCUT2D eigenvalue weighted by molar-refractivity contribution is 0.0985. The maximum absolute atomic E-state index is 14.0. The van der Waals surface area contributed by atoms with Crippen molar-refractivity contribution in [2.75, 3.05) is 0 Å². The second-order valence-electron chi connectivity index (χ2n) is 4.27. The lowest BCUT2D eigenvalue weighted by Crippen LogP contribution is -1.93. The molecule has 18 heavy (non-hydrogen) atoms. The van der Waals surface area contributed by atoms with Gasteiger partial charge in [0.2, 0.25) is 0 Å². The van der Waals surface area contributed by atoms with Crippen molar-refractivity contribution in [3.05, 3.63) is 46.6 Å². The number of rotatable bonds is 4. The van der Waals surface area contributed by atoms with Gasteiger partial charge in [-0.05, 0) is 31.0 Å². The largest absolute Gasteiger partial charge is 0.293 e. The highest BCUT2D eigenvalue weighted by atomic mass is 32.1. The summed E-state index contributed by atoms with van der Waals surface area (Å²) >= 11 is 1.37. The Kier molecular flexibility index (Phi) is 3.92. The number of halogens is 1. The molecule has 3 heteroatoms. The van der Waals surface area contributed by atoms with Crippen LogP contribution in [0.15, 0.2) is 30.3 Å². The fourth-order valence-corrected chi connectivity index (χ4v) is 2.81. The maximum Gasteiger partial charge on any atom is 0.172 e. The van der Waals surface area contributed by atoms with E-state index in [9.17, 15) is 9.18 Å². The molecule has 0 amide bonds. The van der Waals surface area contributed by atoms with Crippen molar-refractivity contribution in [1.82, 2.24) is 0 Å². The highest BCUT2D eigenvalue weighted by Crippen LogP contribution is 2.31. The van der Waals surface area contributed by atoms with Gasteiger partial charge < -0.3 is 0 Å². The first kappa shape index (κ1) is 13.0. The highest BCUT2D eigenvalue weighted by molar-refractivity contribution is 7.17. The predicted octanol–water partition coefficient (Wildman–Crippen LogP) is 4.85. The summed E-state index contributed by atoms with van der Waals surface area (Å²) in [6.07, 6.45) is 1.39. The summed E-state index contributed by atoms with van der Waals surface area (Å²) in [5, 5.41) is 0. The molecule has 0 aliphatic heterocycles. The Bertz CT molecular complexity index is 572. The minimum atomic E-state index is -0.200. The first-order chi connectivity index (χ1) is 8.63. The normalized spacial score (nSPS) is 10.6. The van der Waals surface area contributed by atoms with Gasteiger partial charge in [0.1, 0.15) is 5.82 Å². The van der Waals surface area contributed by atoms with Gasteiger partial charge in [0.15, 0.2) is 5.78 Å². The summed E-state index contributed by atoms with van der Waals surface area (Å²) < 4.78 is 14.0. The van der Waals surface area contributed by atoms with Crippen molar-refractivity contribution in [3.63, 3.8) is 0 Å². The number of hydrogen-bond acceptors (Lipinski definition) is 2. The van der Waals surface area contributed by atoms with Crippen LogP contribution < -0.4 is 0 Å². The molecule has 1 aromatic heterocycles. The molecule has 0 unspecified atom stereocenters. The van der Waals surface area contributed by atoms with Gasteiger partial charge in [0.05, 0.1) is 4.88 Å². The Hall–Kier alpha value is -1.48. The summed E-state index contributed by atoms with van der Waals surface area (Å²) in [5.74, 6) is -0.0596. The van der Waals surface area contributed by atoms with Gasteiger partial charge in [-0.25, -0.2) is 4.39 Å². The molecule has 0 aliphatic rings. The maximum atomic E-state index is 14.0. The van der Waals surface area contributed by atoms with Crippen molar-refractivity contribution >= 4 is 17.1 Å². The molecular formula is C15H15FOS. The minimum absolute atomic E-state index is 0.141. The van der Waals surface area contributed by atoms with E-state index < -0.39 is 0 Å². The number of carbonyl (C=O) groups is 1. The molecule has 1 nitrogen and oxygen atoms in total. The molecule has 94 valence electrons. The molecule has 1 aromatic carbocycles. The number of aryl methyl sites for hydroxylation is 1. The Morgan fingerprint density at radius 1 is 1.28 bits per heavy atom. The van der Waals surface area contributed by atoms with E-state index in [1.807, 2.05) is 19.1 Å². The summed E-state index contributed by atoms with van der Waals surface area (Å²) in [5.41, 5.74) is 1.21. The van der Waals surface area contributed by atoms with Crippen molar-refractivity contribution in [1.29, 1.82) is 0 Å². The van der Waals surface area contributed by atoms with Gasteiger partial charge in [0.25, 0.3) is 0 Å². The average Bonchev–Trinajstić information content (AvgIpc) is 2.82. The third-order valence-electron chi connectivity index (χ3n) is 2.82. The van der Waals surface area contributed by atoms with Gasteiger partial charge in [-0.15, -0.1) is 11.3 Å². The van der Waals surface area contributed by atoms with E-state index in [0.717, 1.165) is 11.3 Å². The van der Waals surface area contributed by atoms with Crippen LogP contribution in [-0.2, 0) is 0 Å². The minimum Gasteiger partial charge on any atom is -0.293 e. The van der Waals surface area contributed by atoms with Crippen LogP contribution in [0.5, 0.6) is 0 Å². The zero-order valence-corrected chi connectivity index (χ0v) is 11.3. The number of ketones is 1. The summed E-state index contributed by atoms with van der Waals surface area (Å²) in [4.78, 5) is 13.3. The number of thiophene rings is 1. The van der Waals surface area contributed by atoms with E-state index in [1.54, 1.807) is 25.1 Å². The van der Waals surface area contributed by atoms with Crippen LogP contribution in [0.3, 0.4) is 0 Å². The Morgan fingerprint density at radius 2 is 2.06 bits per heavy atom. The van der Waals surface area contributed by atoms with E-state index in [0.29, 0.717) is 22.4 Å². The number of hydrogen-bond donors (Lipinski definition) is 0. The molecule has 2 rings (SSSR count). The highest BCUT2D eigenvalue weighted by Gasteiger charge is 2.12. The molecule has 0 N–H and O–H groups in total. The molecule has 0 atom stereocenters. The zero-order valence-electron chi connectivity index (χ0n) is 10.5. The molecule has 0 spiro atoms. The second kappa shape index (κ2) is 5.44. The third kappa shape index (κ3) is 2.51. The Labute approximate surface area is 110 Å². The van der Waals surface area contributed by atoms with Crippen LogP contribution in [0.4, 0.5) is 4.39 Å². The topological polar surface area (TPSA) is 17.1 Å². The van der Waals surface area contributed by atoms with Crippen molar-refractivity contribution < 1.29 is 9.18 Å². The van der Waals surface area contributed by atoms with E-state index in [-0.39, 0.29) is 11.6 Å². The molecule has 0 saturated heterocycles. The summed E-state index contributed by atoms with van der Waals surface area (Å²) in [6.45, 7) is 3.72. The molecule has 2 aromatic rings. The monoisotopic (exact) mass is 262 g/mol. The van der Waals surface area contributed by atoms with Crippen LogP contribution in [0.25, 0.3) is 10.4 Å². The fraction of sp³-hybridized carbons (Fsp3) is 0.267. The van der Waals surface area contributed by atoms with Crippen LogP contribution in [-0.4, -0.2) is 5.78 Å². The lowest BCUT2D eigenvalue weighted by atomic mass is 10.1. The first-order valence-corrected chi connectivity index (χ1v) is 6.83. The SMILES string of the molecule is CCCC(=O)c1ccc(-c2cccc(C)c2F)s1. The fourth-order valence-electron chi connectivity index (χ4n) is 1.82. The quantitative estimate of drug-likeness (QED) is 0.720. The molecule has 0 bridgehead atoms. The zero-order chi connectivity index (χ0) is 13.1. The molecule has 0 fully saturated rings. The molecule has 0 saturated carbocycles. The average molecular weight is 262 g/mol. The summed E-state index contributed by atoms with van der Waals surface area (Å²) in [6, 6.07) is 8.95. The van der Waals surface area contributed by atoms with Crippen LogP contribution in [0.1, 0.15) is 35.0 Å². The van der Waals surface area contributed by atoms with Gasteiger partial charge in [0, 0.05) is 16.9 Å². The molecule has 0 aliphatic carbocycles. The molecule has 1 heterocycles. The van der Waals surface area contributed by atoms with Crippen molar-refractivity contribution in [3.8, 4) is 10.4 Å². The first-order valence-electron chi connectivity index (χ1n) is 6.02. The van der Waals surface area contributed by atoms with Gasteiger partial charge >= 0.3 is 0 Å². The van der Waals surface area contributed by atoms with E-state index in [1.165, 1.54) is 11.3 Å². The van der Waals surface area contributed by atoms with E-state index in [2.05, 4.69) is 0 Å². The molecule has 0 radical (unpaired) electrons. The number of Topliss-reactive ketones (excluding diaryl/α,β-unsaturated/α-hetero) is 1. The lowest BCUT2D eigenvalue weighted by Gasteiger charge is -2.02. The van der Waals surface area contributed by atoms with Crippen LogP contribution in [0, 0.1) is 12.7 Å². The van der Waals surface area contributed by atoms with Crippen LogP contribution >= 0.6 is 11.3 Å². The smallest absolute Gasteiger partial charge is 0.172 e. The van der Waals surface area contributed by atoms with Crippen LogP contribution in [0.2, 0.25) is 0 Å². The summed E-state index contributed by atoms with van der Waals surface area (Å²) in [7, 11) is 0. The van der Waals surface area contributed by atoms with Crippen molar-refractivity contribution in [2.45, 2.75) is 26.7 Å². The Morgan fingerprint density at radius 3 is 2.78 bits per heavy atom. The van der Waals surface area contributed by atoms with Gasteiger partial charge in [-0.2, -0.15) is 0 Å². The predicted molar refractivity (Wildman–Crippen MR) is 73.7 cm³/mol.